The van der Waals surface area contributed by atoms with Crippen LogP contribution in [-0.2, 0) is 26.0 Å². The van der Waals surface area contributed by atoms with E-state index in [1.165, 1.54) is 14.1 Å². The molecule has 22 heavy (non-hydrogen) atoms. The molecular weight excluding hydrogens is 308 g/mol. The van der Waals surface area contributed by atoms with Crippen LogP contribution in [0, 0.1) is 0 Å². The first-order valence-corrected chi connectivity index (χ1v) is 8.29. The summed E-state index contributed by atoms with van der Waals surface area (Å²) in [6.45, 7) is 0. The Kier molecular flexibility index (Phi) is 6.51. The van der Waals surface area contributed by atoms with Gasteiger partial charge in [-0.3, -0.25) is 4.79 Å². The minimum Gasteiger partial charge on any atom is -0.480 e. The first-order valence-electron chi connectivity index (χ1n) is 6.68. The molecule has 1 rings (SSSR count). The third kappa shape index (κ3) is 5.82. The van der Waals surface area contributed by atoms with E-state index in [4.69, 9.17) is 5.11 Å². The van der Waals surface area contributed by atoms with Gasteiger partial charge in [0.1, 0.15) is 6.04 Å². The van der Waals surface area contributed by atoms with Crippen LogP contribution >= 0.6 is 0 Å². The number of carboxylic acids is 1. The molecule has 122 valence electrons. The first-order chi connectivity index (χ1) is 10.2. The molecule has 0 aliphatic carbocycles. The second-order valence-corrected chi connectivity index (χ2v) is 7.30. The molecule has 0 bridgehead atoms. The van der Waals surface area contributed by atoms with Gasteiger partial charge in [-0.2, -0.15) is 0 Å². The highest BCUT2D eigenvalue weighted by molar-refractivity contribution is 7.89. The summed E-state index contributed by atoms with van der Waals surface area (Å²) < 4.78 is 24.2. The standard InChI is InChI=1S/C14H20N2O5S/c1-16(2)22(20,21)9-8-13(17)15-12(14(18)19)10-11-6-4-3-5-7-11/h3-7,12H,8-10H2,1-2H3,(H,15,17)(H,18,19)/t12-/m0/s1. The molecule has 0 aliphatic heterocycles. The zero-order chi connectivity index (χ0) is 16.8. The zero-order valence-corrected chi connectivity index (χ0v) is 13.3. The summed E-state index contributed by atoms with van der Waals surface area (Å²) in [6.07, 6.45) is -0.137. The Balaban J connectivity index is 2.60. The lowest BCUT2D eigenvalue weighted by atomic mass is 10.1. The van der Waals surface area contributed by atoms with E-state index in [-0.39, 0.29) is 18.6 Å². The van der Waals surface area contributed by atoms with Crippen LogP contribution in [0.5, 0.6) is 0 Å². The summed E-state index contributed by atoms with van der Waals surface area (Å²) in [4.78, 5) is 23.0. The van der Waals surface area contributed by atoms with E-state index in [0.717, 1.165) is 9.87 Å². The van der Waals surface area contributed by atoms with Crippen molar-refractivity contribution in [2.24, 2.45) is 0 Å². The quantitative estimate of drug-likeness (QED) is 0.703. The molecule has 0 saturated carbocycles. The van der Waals surface area contributed by atoms with Gasteiger partial charge < -0.3 is 10.4 Å². The minimum atomic E-state index is -3.48. The van der Waals surface area contributed by atoms with Crippen molar-refractivity contribution in [2.75, 3.05) is 19.8 Å². The van der Waals surface area contributed by atoms with Gasteiger partial charge in [-0.05, 0) is 5.56 Å². The lowest BCUT2D eigenvalue weighted by Crippen LogP contribution is -2.43. The number of nitrogens with one attached hydrogen (secondary N) is 1. The van der Waals surface area contributed by atoms with Gasteiger partial charge in [0.2, 0.25) is 15.9 Å². The maximum absolute atomic E-state index is 11.8. The molecule has 1 atom stereocenters. The van der Waals surface area contributed by atoms with Crippen LogP contribution in [0.4, 0.5) is 0 Å². The molecule has 0 spiro atoms. The highest BCUT2D eigenvalue weighted by Gasteiger charge is 2.22. The molecule has 0 unspecified atom stereocenters. The van der Waals surface area contributed by atoms with Crippen molar-refractivity contribution in [1.29, 1.82) is 0 Å². The molecule has 2 N–H and O–H groups in total. The third-order valence-electron chi connectivity index (χ3n) is 3.06. The number of aliphatic carboxylic acids is 1. The molecule has 0 saturated heterocycles. The van der Waals surface area contributed by atoms with E-state index in [2.05, 4.69) is 5.32 Å². The Bertz CT molecular complexity index is 613. The number of hydrogen-bond donors (Lipinski definition) is 2. The van der Waals surface area contributed by atoms with Gasteiger partial charge >= 0.3 is 5.97 Å². The number of sulfonamides is 1. The average molecular weight is 328 g/mol. The molecule has 0 fully saturated rings. The fourth-order valence-electron chi connectivity index (χ4n) is 1.72. The number of carboxylic acid groups (broad SMARTS) is 1. The molecule has 8 heteroatoms. The molecule has 0 radical (unpaired) electrons. The fourth-order valence-corrected chi connectivity index (χ4v) is 2.53. The van der Waals surface area contributed by atoms with Gasteiger partial charge in [-0.1, -0.05) is 30.3 Å². The lowest BCUT2D eigenvalue weighted by Gasteiger charge is -2.15. The van der Waals surface area contributed by atoms with Gasteiger partial charge in [-0.15, -0.1) is 0 Å². The summed E-state index contributed by atoms with van der Waals surface area (Å²) in [5.41, 5.74) is 0.774. The van der Waals surface area contributed by atoms with Crippen molar-refractivity contribution in [2.45, 2.75) is 18.9 Å². The predicted molar refractivity (Wildman–Crippen MR) is 81.8 cm³/mol. The van der Waals surface area contributed by atoms with E-state index in [1.807, 2.05) is 6.07 Å². The van der Waals surface area contributed by atoms with Gasteiger partial charge in [0.05, 0.1) is 5.75 Å². The Hall–Kier alpha value is -1.93. The number of carbonyl (C=O) groups is 2. The number of carbonyl (C=O) groups excluding carboxylic acids is 1. The highest BCUT2D eigenvalue weighted by atomic mass is 32.2. The van der Waals surface area contributed by atoms with Crippen LogP contribution in [0.3, 0.4) is 0 Å². The smallest absolute Gasteiger partial charge is 0.326 e. The maximum atomic E-state index is 11.8. The van der Waals surface area contributed by atoms with E-state index in [9.17, 15) is 18.0 Å². The lowest BCUT2D eigenvalue weighted by molar-refractivity contribution is -0.141. The van der Waals surface area contributed by atoms with Crippen molar-refractivity contribution in [3.8, 4) is 0 Å². The summed E-state index contributed by atoms with van der Waals surface area (Å²) in [7, 11) is -0.728. The Morgan fingerprint density at radius 3 is 2.32 bits per heavy atom. The fraction of sp³-hybridized carbons (Fsp3) is 0.429. The Labute approximate surface area is 130 Å². The molecule has 7 nitrogen and oxygen atoms in total. The van der Waals surface area contributed by atoms with Gasteiger partial charge in [0.25, 0.3) is 0 Å². The van der Waals surface area contributed by atoms with E-state index < -0.39 is 27.9 Å². The molecule has 1 aromatic carbocycles. The highest BCUT2D eigenvalue weighted by Crippen LogP contribution is 2.04. The van der Waals surface area contributed by atoms with Crippen molar-refractivity contribution < 1.29 is 23.1 Å². The Morgan fingerprint density at radius 1 is 1.23 bits per heavy atom. The monoisotopic (exact) mass is 328 g/mol. The van der Waals surface area contributed by atoms with Gasteiger partial charge in [-0.25, -0.2) is 17.5 Å². The number of benzene rings is 1. The van der Waals surface area contributed by atoms with Crippen molar-refractivity contribution in [1.82, 2.24) is 9.62 Å². The topological polar surface area (TPSA) is 104 Å². The normalized spacial score (nSPS) is 12.9. The minimum absolute atomic E-state index is 0.141. The molecule has 1 amide bonds. The largest absolute Gasteiger partial charge is 0.480 e. The second kappa shape index (κ2) is 7.90. The van der Waals surface area contributed by atoms with Crippen LogP contribution in [-0.4, -0.2) is 55.6 Å². The molecule has 0 aliphatic rings. The van der Waals surface area contributed by atoms with Crippen LogP contribution in [0.2, 0.25) is 0 Å². The Morgan fingerprint density at radius 2 is 1.82 bits per heavy atom. The molecule has 1 aromatic rings. The van der Waals surface area contributed by atoms with Crippen LogP contribution < -0.4 is 5.32 Å². The number of nitrogens with zero attached hydrogens (tertiary/aromatic N) is 1. The van der Waals surface area contributed by atoms with E-state index in [0.29, 0.717) is 0 Å². The van der Waals surface area contributed by atoms with Crippen LogP contribution in [0.1, 0.15) is 12.0 Å². The number of amides is 1. The van der Waals surface area contributed by atoms with Crippen LogP contribution in [0.25, 0.3) is 0 Å². The van der Waals surface area contributed by atoms with Gasteiger partial charge in [0.15, 0.2) is 0 Å². The van der Waals surface area contributed by atoms with Crippen molar-refractivity contribution in [3.63, 3.8) is 0 Å². The van der Waals surface area contributed by atoms with E-state index in [1.54, 1.807) is 24.3 Å². The van der Waals surface area contributed by atoms with Gasteiger partial charge in [0, 0.05) is 26.9 Å². The summed E-state index contributed by atoms with van der Waals surface area (Å²) >= 11 is 0. The summed E-state index contributed by atoms with van der Waals surface area (Å²) in [6, 6.07) is 7.80. The third-order valence-corrected chi connectivity index (χ3v) is 4.89. The second-order valence-electron chi connectivity index (χ2n) is 5.00. The number of rotatable bonds is 8. The maximum Gasteiger partial charge on any atom is 0.326 e. The SMILES string of the molecule is CN(C)S(=O)(=O)CCC(=O)N[C@@H](Cc1ccccc1)C(=O)O. The van der Waals surface area contributed by atoms with Crippen molar-refractivity contribution in [3.05, 3.63) is 35.9 Å². The summed E-state index contributed by atoms with van der Waals surface area (Å²) in [5.74, 6) is -2.12. The average Bonchev–Trinajstić information content (AvgIpc) is 2.45. The number of hydrogen-bond acceptors (Lipinski definition) is 4. The van der Waals surface area contributed by atoms with Crippen molar-refractivity contribution >= 4 is 21.9 Å². The molecular formula is C14H20N2O5S. The summed E-state index contributed by atoms with van der Waals surface area (Å²) in [5, 5.41) is 11.5. The molecule has 0 heterocycles. The first kappa shape index (κ1) is 18.1. The van der Waals surface area contributed by atoms with Crippen LogP contribution in [0.15, 0.2) is 30.3 Å². The van der Waals surface area contributed by atoms with E-state index >= 15 is 0 Å². The molecule has 0 aromatic heterocycles. The predicted octanol–water partition coefficient (Wildman–Crippen LogP) is 0.0800. The zero-order valence-electron chi connectivity index (χ0n) is 12.5.